The number of nitrogen functional groups attached to an aromatic ring is 1. The Morgan fingerprint density at radius 1 is 0.764 bits per heavy atom. The Morgan fingerprint density at radius 3 is 1.53 bits per heavy atom. The molecule has 0 spiro atoms. The first kappa shape index (κ1) is 42.7. The number of aromatic nitrogens is 4. The van der Waals surface area contributed by atoms with E-state index in [-0.39, 0.29) is 45.6 Å². The lowest BCUT2D eigenvalue weighted by atomic mass is 10.2. The number of amides is 1. The van der Waals surface area contributed by atoms with Crippen LogP contribution in [-0.2, 0) is 4.74 Å². The van der Waals surface area contributed by atoms with Gasteiger partial charge in [0.1, 0.15) is 5.60 Å². The molecule has 2 heterocycles. The third-order valence-electron chi connectivity index (χ3n) is 6.88. The fraction of sp³-hybridized carbons (Fsp3) is 0.121. The molecule has 0 aliphatic carbocycles. The Labute approximate surface area is 316 Å². The van der Waals surface area contributed by atoms with Crippen LogP contribution in [-0.4, -0.2) is 30.8 Å². The molecule has 0 aliphatic rings. The maximum atomic E-state index is 13.5. The van der Waals surface area contributed by atoms with Gasteiger partial charge in [-0.05, 0) is 91.9 Å². The fourth-order valence-corrected chi connectivity index (χ4v) is 4.68. The monoisotopic (exact) mass is 806 g/mol. The fourth-order valence-electron chi connectivity index (χ4n) is 4.65. The summed E-state index contributed by atoms with van der Waals surface area (Å²) >= 11 is 4.55. The Hall–Kier alpha value is -6.67. The number of nitrogens with one attached hydrogen (secondary N) is 4. The number of rotatable bonds is 4. The Balaban J connectivity index is 0.000000266. The average Bonchev–Trinajstić information content (AvgIpc) is 3.08. The van der Waals surface area contributed by atoms with Crippen LogP contribution >= 0.6 is 24.2 Å². The molecule has 55 heavy (non-hydrogen) atoms. The number of nitrogens with two attached hydrogens (primary N) is 1. The van der Waals surface area contributed by atoms with Gasteiger partial charge in [-0.2, -0.15) is 5.53 Å². The van der Waals surface area contributed by atoms with E-state index in [2.05, 4.69) is 42.1 Å². The van der Waals surface area contributed by atoms with Crippen LogP contribution in [0.3, 0.4) is 0 Å². The van der Waals surface area contributed by atoms with Crippen molar-refractivity contribution in [3.63, 3.8) is 0 Å². The summed E-state index contributed by atoms with van der Waals surface area (Å²) < 4.78 is 62.6. The molecule has 0 radical (unpaired) electrons. The molecule has 0 bridgehead atoms. The second kappa shape index (κ2) is 17.9. The SMILES string of the molecule is CC(C)(C)OC(=O)Nc1ccc(-n2c(=O)[nH]c3cc(F)c(F)cc3c2=O)cc1.Cl.N=NN=NCl.Nc1ccc(-n2c(=O)[nH]c3cc(F)c(F)cc3c2=O)cc1. The summed E-state index contributed by atoms with van der Waals surface area (Å²) in [6.45, 7) is 5.17. The first-order valence-corrected chi connectivity index (χ1v) is 15.4. The van der Waals surface area contributed by atoms with Crippen molar-refractivity contribution in [1.29, 1.82) is 5.53 Å². The highest BCUT2D eigenvalue weighted by molar-refractivity contribution is 6.13. The topological polar surface area (TPSA) is 235 Å². The van der Waals surface area contributed by atoms with E-state index in [4.69, 9.17) is 16.0 Å². The van der Waals surface area contributed by atoms with Crippen molar-refractivity contribution < 1.29 is 27.1 Å². The molecule has 4 aromatic carbocycles. The predicted octanol–water partition coefficient (Wildman–Crippen LogP) is 6.80. The molecule has 16 nitrogen and oxygen atoms in total. The van der Waals surface area contributed by atoms with Crippen LogP contribution < -0.4 is 33.5 Å². The summed E-state index contributed by atoms with van der Waals surface area (Å²) in [6, 6.07) is 14.8. The molecule has 288 valence electrons. The second-order valence-electron chi connectivity index (χ2n) is 11.8. The van der Waals surface area contributed by atoms with E-state index < -0.39 is 57.5 Å². The van der Waals surface area contributed by atoms with Gasteiger partial charge in [-0.3, -0.25) is 14.9 Å². The van der Waals surface area contributed by atoms with Crippen LogP contribution in [0.2, 0.25) is 0 Å². The standard InChI is InChI=1S/C19H17F2N3O4.C14H9F2N3O2.ClHN4.ClH/c1-19(2,3)28-18(27)22-10-4-6-11(7-5-10)24-16(25)12-8-13(20)14(21)9-15(12)23-17(24)26;15-10-5-9-12(6-11(10)16)18-14(21)19(13(9)20)8-3-1-7(17)2-4-8;1-3-5-4-2;/h4-9H,1-3H3,(H,22,27)(H,23,26);1-6H,17H2,(H,18,21);2H;1H. The highest BCUT2D eigenvalue weighted by atomic mass is 35.5. The van der Waals surface area contributed by atoms with E-state index in [1.54, 1.807) is 20.8 Å². The molecule has 6 rings (SSSR count). The Kier molecular flexibility index (Phi) is 13.9. The van der Waals surface area contributed by atoms with Crippen molar-refractivity contribution in [2.75, 3.05) is 11.1 Å². The molecule has 0 fully saturated rings. The number of hydrogen-bond donors (Lipinski definition) is 5. The van der Waals surface area contributed by atoms with Crippen LogP contribution in [0.5, 0.6) is 0 Å². The van der Waals surface area contributed by atoms with Gasteiger partial charge in [0.25, 0.3) is 11.1 Å². The molecular formula is C33H28Cl2F4N10O6. The maximum absolute atomic E-state index is 13.5. The predicted molar refractivity (Wildman–Crippen MR) is 198 cm³/mol. The van der Waals surface area contributed by atoms with E-state index in [9.17, 15) is 41.5 Å². The van der Waals surface area contributed by atoms with Gasteiger partial charge in [0.2, 0.25) is 0 Å². The van der Waals surface area contributed by atoms with Gasteiger partial charge >= 0.3 is 17.5 Å². The van der Waals surface area contributed by atoms with E-state index in [0.717, 1.165) is 33.4 Å². The van der Waals surface area contributed by atoms with Crippen LogP contribution in [0.4, 0.5) is 33.7 Å². The summed E-state index contributed by atoms with van der Waals surface area (Å²) in [5, 5.41) is 7.32. The van der Waals surface area contributed by atoms with E-state index in [1.165, 1.54) is 48.5 Å². The number of ether oxygens (including phenoxy) is 1. The van der Waals surface area contributed by atoms with Gasteiger partial charge in [-0.1, -0.05) is 4.63 Å². The van der Waals surface area contributed by atoms with Crippen LogP contribution in [0.25, 0.3) is 33.2 Å². The normalized spacial score (nSPS) is 10.8. The third kappa shape index (κ3) is 10.5. The lowest BCUT2D eigenvalue weighted by molar-refractivity contribution is 0.0636. The zero-order chi connectivity index (χ0) is 39.9. The quantitative estimate of drug-likeness (QED) is 0.0552. The largest absolute Gasteiger partial charge is 0.444 e. The van der Waals surface area contributed by atoms with Crippen molar-refractivity contribution in [3.8, 4) is 11.4 Å². The number of carbonyl (C=O) groups is 1. The van der Waals surface area contributed by atoms with Gasteiger partial charge in [0.05, 0.1) is 45.0 Å². The molecule has 0 atom stereocenters. The van der Waals surface area contributed by atoms with Gasteiger partial charge < -0.3 is 20.4 Å². The average molecular weight is 808 g/mol. The summed E-state index contributed by atoms with van der Waals surface area (Å²) in [6.07, 6.45) is -0.654. The number of fused-ring (bicyclic) bond motifs is 2. The number of hydrogen-bond acceptors (Lipinski definition) is 9. The van der Waals surface area contributed by atoms with Crippen molar-refractivity contribution in [2.45, 2.75) is 26.4 Å². The van der Waals surface area contributed by atoms with Gasteiger partial charge in [0, 0.05) is 23.5 Å². The van der Waals surface area contributed by atoms with Crippen molar-refractivity contribution >= 4 is 63.5 Å². The minimum absolute atomic E-state index is 0. The molecular weight excluding hydrogens is 779 g/mol. The zero-order valence-corrected chi connectivity index (χ0v) is 30.1. The summed E-state index contributed by atoms with van der Waals surface area (Å²) in [4.78, 5) is 65.7. The molecule has 2 aromatic heterocycles. The highest BCUT2D eigenvalue weighted by Gasteiger charge is 2.17. The Bertz CT molecular complexity index is 2640. The molecule has 6 aromatic rings. The highest BCUT2D eigenvalue weighted by Crippen LogP contribution is 2.17. The molecule has 0 saturated carbocycles. The molecule has 6 N–H and O–H groups in total. The van der Waals surface area contributed by atoms with Crippen LogP contribution in [0, 0.1) is 28.8 Å². The first-order chi connectivity index (χ1) is 25.4. The van der Waals surface area contributed by atoms with Crippen molar-refractivity contribution in [1.82, 2.24) is 19.1 Å². The summed E-state index contributed by atoms with van der Waals surface area (Å²) in [7, 11) is 0. The number of benzene rings is 4. The van der Waals surface area contributed by atoms with Gasteiger partial charge in [-0.15, -0.1) is 12.4 Å². The number of aromatic amines is 2. The van der Waals surface area contributed by atoms with Crippen LogP contribution in [0.1, 0.15) is 20.8 Å². The third-order valence-corrected chi connectivity index (χ3v) is 6.95. The van der Waals surface area contributed by atoms with Crippen molar-refractivity contribution in [2.24, 2.45) is 15.1 Å². The number of nitrogens with zero attached hydrogens (tertiary/aromatic N) is 5. The molecule has 0 aliphatic heterocycles. The van der Waals surface area contributed by atoms with E-state index >= 15 is 0 Å². The van der Waals surface area contributed by atoms with Crippen molar-refractivity contribution in [3.05, 3.63) is 138 Å². The molecule has 0 unspecified atom stereocenters. The van der Waals surface area contributed by atoms with E-state index in [1.807, 2.05) is 0 Å². The lowest BCUT2D eigenvalue weighted by Crippen LogP contribution is -2.33. The lowest BCUT2D eigenvalue weighted by Gasteiger charge is -2.19. The smallest absolute Gasteiger partial charge is 0.412 e. The molecule has 0 saturated heterocycles. The minimum atomic E-state index is -1.19. The number of anilines is 2. The zero-order valence-electron chi connectivity index (χ0n) is 28.5. The number of halogens is 6. The minimum Gasteiger partial charge on any atom is -0.444 e. The van der Waals surface area contributed by atoms with Crippen LogP contribution in [0.15, 0.2) is 107 Å². The maximum Gasteiger partial charge on any atom is 0.412 e. The number of H-pyrrole nitrogens is 2. The second-order valence-corrected chi connectivity index (χ2v) is 11.9. The summed E-state index contributed by atoms with van der Waals surface area (Å²) in [5.41, 5.74) is 8.83. The number of carbonyl (C=O) groups excluding carboxylic acids is 1. The molecule has 22 heteroatoms. The van der Waals surface area contributed by atoms with E-state index in [0.29, 0.717) is 11.4 Å². The summed E-state index contributed by atoms with van der Waals surface area (Å²) in [5.74, 6) is -4.66. The Morgan fingerprint density at radius 2 is 1.16 bits per heavy atom. The van der Waals surface area contributed by atoms with Gasteiger partial charge in [-0.25, -0.2) is 41.1 Å². The van der Waals surface area contributed by atoms with Gasteiger partial charge in [0.15, 0.2) is 23.3 Å². The molecule has 1 amide bonds. The first-order valence-electron chi connectivity index (χ1n) is 15.1.